The predicted octanol–water partition coefficient (Wildman–Crippen LogP) is 2.70. The molecule has 0 amide bonds. The summed E-state index contributed by atoms with van der Waals surface area (Å²) in [6, 6.07) is 4.38. The second-order valence-corrected chi connectivity index (χ2v) is 5.05. The van der Waals surface area contributed by atoms with Crippen LogP contribution in [0.2, 0.25) is 0 Å². The van der Waals surface area contributed by atoms with Crippen LogP contribution in [0.4, 0.5) is 0 Å². The van der Waals surface area contributed by atoms with Crippen LogP contribution < -0.4 is 10.1 Å². The van der Waals surface area contributed by atoms with Gasteiger partial charge >= 0.3 is 0 Å². The van der Waals surface area contributed by atoms with E-state index in [0.717, 1.165) is 32.4 Å². The van der Waals surface area contributed by atoms with E-state index >= 15 is 0 Å². The molecule has 1 saturated heterocycles. The summed E-state index contributed by atoms with van der Waals surface area (Å²) in [5.41, 5.74) is 1.21. The fourth-order valence-electron chi connectivity index (χ4n) is 2.21. The number of aromatic nitrogens is 1. The molecule has 1 aromatic rings. The SMILES string of the molecule is CCCNC(C)c1ccnc(OCC2CCCO2)c1. The van der Waals surface area contributed by atoms with E-state index in [9.17, 15) is 0 Å². The zero-order valence-corrected chi connectivity index (χ0v) is 11.9. The lowest BCUT2D eigenvalue weighted by Gasteiger charge is -2.15. The average Bonchev–Trinajstić information content (AvgIpc) is 2.96. The molecule has 1 aliphatic rings. The second-order valence-electron chi connectivity index (χ2n) is 5.05. The molecular weight excluding hydrogens is 240 g/mol. The van der Waals surface area contributed by atoms with E-state index in [2.05, 4.69) is 24.1 Å². The van der Waals surface area contributed by atoms with Crippen molar-refractivity contribution in [3.63, 3.8) is 0 Å². The van der Waals surface area contributed by atoms with Crippen LogP contribution in [-0.4, -0.2) is 30.8 Å². The molecule has 0 bridgehead atoms. The molecule has 4 heteroatoms. The van der Waals surface area contributed by atoms with E-state index in [4.69, 9.17) is 9.47 Å². The van der Waals surface area contributed by atoms with Crippen molar-refractivity contribution < 1.29 is 9.47 Å². The smallest absolute Gasteiger partial charge is 0.213 e. The summed E-state index contributed by atoms with van der Waals surface area (Å²) in [6.07, 6.45) is 5.41. The van der Waals surface area contributed by atoms with Gasteiger partial charge in [0.25, 0.3) is 0 Å². The Labute approximate surface area is 115 Å². The number of ether oxygens (including phenoxy) is 2. The quantitative estimate of drug-likeness (QED) is 0.822. The Kier molecular flexibility index (Phi) is 5.61. The molecule has 2 heterocycles. The highest BCUT2D eigenvalue weighted by Crippen LogP contribution is 2.18. The Hall–Kier alpha value is -1.13. The van der Waals surface area contributed by atoms with Crippen molar-refractivity contribution in [1.29, 1.82) is 0 Å². The first-order valence-corrected chi connectivity index (χ1v) is 7.23. The third-order valence-electron chi connectivity index (χ3n) is 3.40. The highest BCUT2D eigenvalue weighted by molar-refractivity contribution is 5.23. The molecule has 0 radical (unpaired) electrons. The lowest BCUT2D eigenvalue weighted by Crippen LogP contribution is -2.20. The molecule has 1 aliphatic heterocycles. The first-order chi connectivity index (χ1) is 9.29. The zero-order valence-electron chi connectivity index (χ0n) is 11.9. The average molecular weight is 264 g/mol. The van der Waals surface area contributed by atoms with Gasteiger partial charge in [-0.15, -0.1) is 0 Å². The Morgan fingerprint density at radius 1 is 1.58 bits per heavy atom. The van der Waals surface area contributed by atoms with E-state index in [-0.39, 0.29) is 6.10 Å². The normalized spacial score (nSPS) is 20.4. The first-order valence-electron chi connectivity index (χ1n) is 7.23. The van der Waals surface area contributed by atoms with Gasteiger partial charge in [-0.25, -0.2) is 4.98 Å². The van der Waals surface area contributed by atoms with E-state index in [1.165, 1.54) is 5.56 Å². The Bertz CT molecular complexity index is 378. The van der Waals surface area contributed by atoms with Crippen LogP contribution in [0.5, 0.6) is 5.88 Å². The van der Waals surface area contributed by atoms with Gasteiger partial charge in [-0.1, -0.05) is 6.92 Å². The van der Waals surface area contributed by atoms with Gasteiger partial charge < -0.3 is 14.8 Å². The molecule has 19 heavy (non-hydrogen) atoms. The van der Waals surface area contributed by atoms with Crippen molar-refractivity contribution >= 4 is 0 Å². The highest BCUT2D eigenvalue weighted by atomic mass is 16.5. The molecule has 0 aromatic carbocycles. The summed E-state index contributed by atoms with van der Waals surface area (Å²) >= 11 is 0. The molecule has 0 saturated carbocycles. The summed E-state index contributed by atoms with van der Waals surface area (Å²) < 4.78 is 11.3. The summed E-state index contributed by atoms with van der Waals surface area (Å²) in [7, 11) is 0. The molecule has 1 aromatic heterocycles. The lowest BCUT2D eigenvalue weighted by molar-refractivity contribution is 0.0663. The van der Waals surface area contributed by atoms with E-state index in [1.807, 2.05) is 18.3 Å². The van der Waals surface area contributed by atoms with Gasteiger partial charge in [-0.2, -0.15) is 0 Å². The largest absolute Gasteiger partial charge is 0.475 e. The van der Waals surface area contributed by atoms with Gasteiger partial charge in [-0.3, -0.25) is 0 Å². The van der Waals surface area contributed by atoms with Crippen LogP contribution >= 0.6 is 0 Å². The lowest BCUT2D eigenvalue weighted by atomic mass is 10.1. The van der Waals surface area contributed by atoms with Gasteiger partial charge in [0, 0.05) is 24.9 Å². The minimum absolute atomic E-state index is 0.237. The van der Waals surface area contributed by atoms with Crippen molar-refractivity contribution in [2.45, 2.75) is 45.3 Å². The van der Waals surface area contributed by atoms with Gasteiger partial charge in [0.1, 0.15) is 6.61 Å². The van der Waals surface area contributed by atoms with E-state index in [0.29, 0.717) is 18.5 Å². The van der Waals surface area contributed by atoms with Crippen LogP contribution in [0.1, 0.15) is 44.7 Å². The fourth-order valence-corrected chi connectivity index (χ4v) is 2.21. The topological polar surface area (TPSA) is 43.4 Å². The predicted molar refractivity (Wildman–Crippen MR) is 75.4 cm³/mol. The molecule has 0 spiro atoms. The molecule has 1 fully saturated rings. The molecule has 0 aliphatic carbocycles. The van der Waals surface area contributed by atoms with E-state index in [1.54, 1.807) is 0 Å². The molecule has 2 unspecified atom stereocenters. The monoisotopic (exact) mass is 264 g/mol. The van der Waals surface area contributed by atoms with Crippen molar-refractivity contribution in [1.82, 2.24) is 10.3 Å². The standard InChI is InChI=1S/C15H24N2O2/c1-3-7-16-12(2)13-6-8-17-15(10-13)19-11-14-5-4-9-18-14/h6,8,10,12,14,16H,3-5,7,9,11H2,1-2H3. The minimum atomic E-state index is 0.237. The molecule has 2 rings (SSSR count). The Morgan fingerprint density at radius 2 is 2.47 bits per heavy atom. The molecular formula is C15H24N2O2. The van der Waals surface area contributed by atoms with Crippen LogP contribution in [0.25, 0.3) is 0 Å². The number of hydrogen-bond acceptors (Lipinski definition) is 4. The molecule has 1 N–H and O–H groups in total. The van der Waals surface area contributed by atoms with Crippen LogP contribution in [-0.2, 0) is 4.74 Å². The van der Waals surface area contributed by atoms with Crippen LogP contribution in [0.15, 0.2) is 18.3 Å². The third-order valence-corrected chi connectivity index (χ3v) is 3.40. The number of pyridine rings is 1. The maximum atomic E-state index is 5.72. The number of hydrogen-bond donors (Lipinski definition) is 1. The van der Waals surface area contributed by atoms with Crippen molar-refractivity contribution in [3.8, 4) is 5.88 Å². The van der Waals surface area contributed by atoms with Crippen molar-refractivity contribution in [3.05, 3.63) is 23.9 Å². The zero-order chi connectivity index (χ0) is 13.5. The molecule has 2 atom stereocenters. The van der Waals surface area contributed by atoms with Crippen LogP contribution in [0.3, 0.4) is 0 Å². The van der Waals surface area contributed by atoms with Crippen molar-refractivity contribution in [2.75, 3.05) is 19.8 Å². The van der Waals surface area contributed by atoms with Gasteiger partial charge in [0.05, 0.1) is 6.10 Å². The fraction of sp³-hybridized carbons (Fsp3) is 0.667. The number of rotatable bonds is 7. The highest BCUT2D eigenvalue weighted by Gasteiger charge is 2.16. The molecule has 4 nitrogen and oxygen atoms in total. The second kappa shape index (κ2) is 7.46. The number of nitrogens with zero attached hydrogens (tertiary/aromatic N) is 1. The van der Waals surface area contributed by atoms with Gasteiger partial charge in [0.2, 0.25) is 5.88 Å². The van der Waals surface area contributed by atoms with Crippen molar-refractivity contribution in [2.24, 2.45) is 0 Å². The maximum Gasteiger partial charge on any atom is 0.213 e. The minimum Gasteiger partial charge on any atom is -0.475 e. The Morgan fingerprint density at radius 3 is 3.21 bits per heavy atom. The summed E-state index contributed by atoms with van der Waals surface area (Å²) in [6.45, 7) is 6.82. The third kappa shape index (κ3) is 4.48. The van der Waals surface area contributed by atoms with Gasteiger partial charge in [0.15, 0.2) is 0 Å². The number of nitrogens with one attached hydrogen (secondary N) is 1. The summed E-state index contributed by atoms with van der Waals surface area (Å²) in [5.74, 6) is 0.693. The first kappa shape index (κ1) is 14.3. The summed E-state index contributed by atoms with van der Waals surface area (Å²) in [4.78, 5) is 4.26. The van der Waals surface area contributed by atoms with E-state index < -0.39 is 0 Å². The molecule has 106 valence electrons. The van der Waals surface area contributed by atoms with Crippen LogP contribution in [0, 0.1) is 0 Å². The summed E-state index contributed by atoms with van der Waals surface area (Å²) in [5, 5.41) is 3.46. The van der Waals surface area contributed by atoms with Gasteiger partial charge in [-0.05, 0) is 44.4 Å². The maximum absolute atomic E-state index is 5.72. The Balaban J connectivity index is 1.86.